The number of nitrogens with one attached hydrogen (secondary N) is 2. The Balaban J connectivity index is 2.11. The number of aromatic nitrogens is 3. The number of benzene rings is 1. The van der Waals surface area contributed by atoms with Crippen LogP contribution in [0.3, 0.4) is 0 Å². The molecule has 0 fully saturated rings. The molecule has 7 heteroatoms. The summed E-state index contributed by atoms with van der Waals surface area (Å²) in [5, 5.41) is 10.1. The molecule has 1 aromatic carbocycles. The van der Waals surface area contributed by atoms with Crippen LogP contribution >= 0.6 is 23.2 Å². The predicted octanol–water partition coefficient (Wildman–Crippen LogP) is 3.32. The zero-order valence-corrected chi connectivity index (χ0v) is 11.7. The summed E-state index contributed by atoms with van der Waals surface area (Å²) in [6.45, 7) is 2.02. The first-order chi connectivity index (χ1) is 9.08. The van der Waals surface area contributed by atoms with Gasteiger partial charge in [-0.15, -0.1) is 5.10 Å². The molecule has 0 aliphatic heterocycles. The number of carbonyl (C=O) groups is 1. The smallest absolute Gasteiger partial charge is 0.295 e. The Morgan fingerprint density at radius 1 is 1.32 bits per heavy atom. The molecule has 0 unspecified atom stereocenters. The van der Waals surface area contributed by atoms with E-state index in [2.05, 4.69) is 20.5 Å². The van der Waals surface area contributed by atoms with Crippen LogP contribution in [0.25, 0.3) is 0 Å². The van der Waals surface area contributed by atoms with E-state index >= 15 is 0 Å². The number of carbonyl (C=O) groups excluding carboxylic acids is 1. The maximum Gasteiger partial charge on any atom is 0.295 e. The van der Waals surface area contributed by atoms with E-state index in [0.29, 0.717) is 21.6 Å². The molecule has 0 spiro atoms. The molecule has 0 saturated heterocycles. The summed E-state index contributed by atoms with van der Waals surface area (Å²) in [6.07, 6.45) is 1.68. The van der Waals surface area contributed by atoms with Crippen LogP contribution in [0.4, 0.5) is 5.69 Å². The van der Waals surface area contributed by atoms with Crippen molar-refractivity contribution in [1.29, 1.82) is 0 Å². The summed E-state index contributed by atoms with van der Waals surface area (Å²) in [5.41, 5.74) is 0.504. The van der Waals surface area contributed by atoms with Gasteiger partial charge in [0.25, 0.3) is 5.91 Å². The van der Waals surface area contributed by atoms with Crippen molar-refractivity contribution < 1.29 is 4.79 Å². The molecule has 0 bridgehead atoms. The van der Waals surface area contributed by atoms with Gasteiger partial charge in [0.15, 0.2) is 0 Å². The number of hydrogen-bond acceptors (Lipinski definition) is 3. The second-order valence-electron chi connectivity index (χ2n) is 3.97. The van der Waals surface area contributed by atoms with E-state index in [9.17, 15) is 4.79 Å². The van der Waals surface area contributed by atoms with Crippen molar-refractivity contribution in [2.45, 2.75) is 19.8 Å². The van der Waals surface area contributed by atoms with Crippen LogP contribution in [0.15, 0.2) is 18.2 Å². The highest BCUT2D eigenvalue weighted by atomic mass is 35.5. The van der Waals surface area contributed by atoms with E-state index in [-0.39, 0.29) is 5.82 Å². The molecule has 2 rings (SSSR count). The van der Waals surface area contributed by atoms with E-state index in [0.717, 1.165) is 12.8 Å². The van der Waals surface area contributed by atoms with Gasteiger partial charge >= 0.3 is 0 Å². The van der Waals surface area contributed by atoms with Crippen LogP contribution in [-0.2, 0) is 6.42 Å². The van der Waals surface area contributed by atoms with Gasteiger partial charge in [-0.05, 0) is 24.6 Å². The Labute approximate surface area is 120 Å². The van der Waals surface area contributed by atoms with Crippen molar-refractivity contribution in [1.82, 2.24) is 15.2 Å². The fraction of sp³-hybridized carbons (Fsp3) is 0.250. The fourth-order valence-corrected chi connectivity index (χ4v) is 2.08. The Bertz CT molecular complexity index is 577. The largest absolute Gasteiger partial charge is 0.319 e. The van der Waals surface area contributed by atoms with Crippen molar-refractivity contribution in [2.75, 3.05) is 5.32 Å². The summed E-state index contributed by atoms with van der Waals surface area (Å²) >= 11 is 11.7. The number of anilines is 1. The predicted molar refractivity (Wildman–Crippen MR) is 74.8 cm³/mol. The minimum Gasteiger partial charge on any atom is -0.319 e. The van der Waals surface area contributed by atoms with Gasteiger partial charge in [0.2, 0.25) is 5.82 Å². The SMILES string of the molecule is CCCc1nc(C(=O)Nc2cc(Cl)cc(Cl)c2)n[nH]1. The lowest BCUT2D eigenvalue weighted by Gasteiger charge is -2.03. The first-order valence-electron chi connectivity index (χ1n) is 5.77. The Morgan fingerprint density at radius 2 is 2.00 bits per heavy atom. The summed E-state index contributed by atoms with van der Waals surface area (Å²) in [4.78, 5) is 16.0. The molecule has 19 heavy (non-hydrogen) atoms. The van der Waals surface area contributed by atoms with Crippen LogP contribution in [0.2, 0.25) is 10.0 Å². The first-order valence-corrected chi connectivity index (χ1v) is 6.53. The standard InChI is InChI=1S/C12H12Cl2N4O/c1-2-3-10-16-11(18-17-10)12(19)15-9-5-7(13)4-8(14)6-9/h4-6H,2-3H2,1H3,(H,15,19)(H,16,17,18). The van der Waals surface area contributed by atoms with Crippen LogP contribution in [0.1, 0.15) is 29.8 Å². The molecular weight excluding hydrogens is 287 g/mol. The summed E-state index contributed by atoms with van der Waals surface area (Å²) in [5.74, 6) is 0.383. The average molecular weight is 299 g/mol. The van der Waals surface area contributed by atoms with Gasteiger partial charge in [-0.3, -0.25) is 9.89 Å². The summed E-state index contributed by atoms with van der Waals surface area (Å²) in [7, 11) is 0. The van der Waals surface area contributed by atoms with Gasteiger partial charge in [0, 0.05) is 22.2 Å². The molecule has 2 aromatic rings. The molecule has 100 valence electrons. The third-order valence-corrected chi connectivity index (χ3v) is 2.78. The zero-order valence-electron chi connectivity index (χ0n) is 10.2. The normalized spacial score (nSPS) is 10.5. The molecule has 1 amide bonds. The van der Waals surface area contributed by atoms with Gasteiger partial charge < -0.3 is 5.32 Å². The van der Waals surface area contributed by atoms with Crippen molar-refractivity contribution in [2.24, 2.45) is 0 Å². The molecule has 2 N–H and O–H groups in total. The number of halogens is 2. The lowest BCUT2D eigenvalue weighted by molar-refractivity contribution is 0.101. The highest BCUT2D eigenvalue weighted by Gasteiger charge is 2.12. The third kappa shape index (κ3) is 3.68. The molecule has 0 saturated carbocycles. The summed E-state index contributed by atoms with van der Waals surface area (Å²) in [6, 6.07) is 4.79. The van der Waals surface area contributed by atoms with Crippen molar-refractivity contribution in [3.63, 3.8) is 0 Å². The minimum absolute atomic E-state index is 0.0968. The van der Waals surface area contributed by atoms with Crippen LogP contribution in [-0.4, -0.2) is 21.1 Å². The number of aromatic amines is 1. The average Bonchev–Trinajstić information content (AvgIpc) is 2.76. The number of amides is 1. The van der Waals surface area contributed by atoms with Gasteiger partial charge in [0.05, 0.1) is 0 Å². The highest BCUT2D eigenvalue weighted by molar-refractivity contribution is 6.35. The highest BCUT2D eigenvalue weighted by Crippen LogP contribution is 2.22. The number of nitrogens with zero attached hydrogens (tertiary/aromatic N) is 2. The lowest BCUT2D eigenvalue weighted by Crippen LogP contribution is -2.13. The van der Waals surface area contributed by atoms with Gasteiger partial charge in [0.1, 0.15) is 5.82 Å². The molecule has 0 atom stereocenters. The maximum atomic E-state index is 11.9. The van der Waals surface area contributed by atoms with E-state index in [1.807, 2.05) is 6.92 Å². The lowest BCUT2D eigenvalue weighted by atomic mass is 10.3. The second kappa shape index (κ2) is 6.04. The van der Waals surface area contributed by atoms with Crippen molar-refractivity contribution in [3.8, 4) is 0 Å². The number of H-pyrrole nitrogens is 1. The molecular formula is C12H12Cl2N4O. The fourth-order valence-electron chi connectivity index (χ4n) is 1.56. The third-order valence-electron chi connectivity index (χ3n) is 2.34. The van der Waals surface area contributed by atoms with Crippen LogP contribution < -0.4 is 5.32 Å². The van der Waals surface area contributed by atoms with E-state index in [1.54, 1.807) is 18.2 Å². The van der Waals surface area contributed by atoms with Crippen LogP contribution in [0, 0.1) is 0 Å². The van der Waals surface area contributed by atoms with E-state index < -0.39 is 5.91 Å². The summed E-state index contributed by atoms with van der Waals surface area (Å²) < 4.78 is 0. The molecule has 0 radical (unpaired) electrons. The second-order valence-corrected chi connectivity index (χ2v) is 4.84. The Morgan fingerprint density at radius 3 is 2.63 bits per heavy atom. The van der Waals surface area contributed by atoms with Gasteiger partial charge in [-0.25, -0.2) is 4.98 Å². The van der Waals surface area contributed by atoms with Crippen molar-refractivity contribution >= 4 is 34.8 Å². The number of aryl methyl sites for hydroxylation is 1. The first kappa shape index (κ1) is 13.8. The van der Waals surface area contributed by atoms with E-state index in [4.69, 9.17) is 23.2 Å². The van der Waals surface area contributed by atoms with Gasteiger partial charge in [-0.1, -0.05) is 30.1 Å². The minimum atomic E-state index is -0.406. The Hall–Kier alpha value is -1.59. The van der Waals surface area contributed by atoms with E-state index in [1.165, 1.54) is 0 Å². The topological polar surface area (TPSA) is 70.7 Å². The zero-order chi connectivity index (χ0) is 13.8. The Kier molecular flexibility index (Phi) is 4.39. The molecule has 1 heterocycles. The maximum absolute atomic E-state index is 11.9. The molecule has 0 aliphatic rings. The van der Waals surface area contributed by atoms with Crippen LogP contribution in [0.5, 0.6) is 0 Å². The quantitative estimate of drug-likeness (QED) is 0.909. The molecule has 1 aromatic heterocycles. The molecule has 0 aliphatic carbocycles. The molecule has 5 nitrogen and oxygen atoms in total. The number of hydrogen-bond donors (Lipinski definition) is 2. The monoisotopic (exact) mass is 298 g/mol. The van der Waals surface area contributed by atoms with Crippen molar-refractivity contribution in [3.05, 3.63) is 39.9 Å². The van der Waals surface area contributed by atoms with Gasteiger partial charge in [-0.2, -0.15) is 0 Å². The number of rotatable bonds is 4.